The molecule has 94 valence electrons. The quantitative estimate of drug-likeness (QED) is 0.839. The first-order valence-electron chi connectivity index (χ1n) is 5.29. The van der Waals surface area contributed by atoms with Crippen LogP contribution in [0.25, 0.3) is 0 Å². The summed E-state index contributed by atoms with van der Waals surface area (Å²) in [5.74, 6) is -1.42. The van der Waals surface area contributed by atoms with Crippen LogP contribution in [0.4, 0.5) is 4.39 Å². The van der Waals surface area contributed by atoms with E-state index in [1.165, 1.54) is 12.1 Å². The van der Waals surface area contributed by atoms with Crippen molar-refractivity contribution >= 4 is 5.97 Å². The largest absolute Gasteiger partial charge is 0.481 e. The molecule has 1 aromatic heterocycles. The zero-order chi connectivity index (χ0) is 13.3. The molecule has 1 rings (SSSR count). The summed E-state index contributed by atoms with van der Waals surface area (Å²) in [6.45, 7) is 5.20. The second-order valence-corrected chi connectivity index (χ2v) is 4.99. The Kier molecular flexibility index (Phi) is 3.52. The van der Waals surface area contributed by atoms with Crippen LogP contribution in [-0.2, 0) is 10.2 Å². The molecule has 0 fully saturated rings. The van der Waals surface area contributed by atoms with Crippen LogP contribution >= 0.6 is 0 Å². The molecular formula is C12H17FN2O2. The molecule has 0 saturated heterocycles. The van der Waals surface area contributed by atoms with E-state index in [0.717, 1.165) is 6.20 Å². The van der Waals surface area contributed by atoms with Crippen LogP contribution in [0.2, 0.25) is 0 Å². The van der Waals surface area contributed by atoms with E-state index in [-0.39, 0.29) is 6.42 Å². The summed E-state index contributed by atoms with van der Waals surface area (Å²) in [7, 11) is 0. The fraction of sp³-hybridized carbons (Fsp3) is 0.500. The lowest BCUT2D eigenvalue weighted by Crippen LogP contribution is -2.53. The van der Waals surface area contributed by atoms with Gasteiger partial charge in [-0.3, -0.25) is 9.78 Å². The topological polar surface area (TPSA) is 76.2 Å². The van der Waals surface area contributed by atoms with Gasteiger partial charge in [0.1, 0.15) is 5.82 Å². The van der Waals surface area contributed by atoms with Crippen molar-refractivity contribution in [3.63, 3.8) is 0 Å². The summed E-state index contributed by atoms with van der Waals surface area (Å²) in [5.41, 5.74) is 4.88. The molecular weight excluding hydrogens is 223 g/mol. The normalized spacial score (nSPS) is 15.4. The molecule has 0 aliphatic rings. The number of pyridine rings is 1. The predicted molar refractivity (Wildman–Crippen MR) is 62.1 cm³/mol. The number of halogens is 1. The lowest BCUT2D eigenvalue weighted by atomic mass is 9.68. The molecule has 5 heteroatoms. The minimum atomic E-state index is -0.961. The molecule has 0 bridgehead atoms. The van der Waals surface area contributed by atoms with Crippen LogP contribution in [0.1, 0.15) is 32.9 Å². The third-order valence-corrected chi connectivity index (χ3v) is 3.22. The zero-order valence-corrected chi connectivity index (χ0v) is 10.2. The van der Waals surface area contributed by atoms with Gasteiger partial charge in [0.25, 0.3) is 0 Å². The summed E-state index contributed by atoms with van der Waals surface area (Å²) in [4.78, 5) is 14.9. The first-order chi connectivity index (χ1) is 7.67. The minimum Gasteiger partial charge on any atom is -0.481 e. The van der Waals surface area contributed by atoms with Crippen molar-refractivity contribution in [1.82, 2.24) is 4.98 Å². The Morgan fingerprint density at radius 3 is 2.41 bits per heavy atom. The number of carboxylic acid groups (broad SMARTS) is 1. The van der Waals surface area contributed by atoms with E-state index < -0.39 is 22.7 Å². The van der Waals surface area contributed by atoms with Gasteiger partial charge in [-0.25, -0.2) is 4.39 Å². The molecule has 1 atom stereocenters. The average Bonchev–Trinajstić information content (AvgIpc) is 2.15. The Balaban J connectivity index is 3.24. The summed E-state index contributed by atoms with van der Waals surface area (Å²) >= 11 is 0. The third kappa shape index (κ3) is 2.79. The van der Waals surface area contributed by atoms with E-state index in [4.69, 9.17) is 10.8 Å². The van der Waals surface area contributed by atoms with Gasteiger partial charge in [0.2, 0.25) is 0 Å². The molecule has 0 radical (unpaired) electrons. The van der Waals surface area contributed by atoms with Crippen LogP contribution in [0.3, 0.4) is 0 Å². The Labute approximate surface area is 99.7 Å². The van der Waals surface area contributed by atoms with Crippen LogP contribution < -0.4 is 5.73 Å². The third-order valence-electron chi connectivity index (χ3n) is 3.22. The Bertz CT molecular complexity index is 412. The number of nitrogens with two attached hydrogens (primary N) is 1. The van der Waals surface area contributed by atoms with Gasteiger partial charge in [0.05, 0.1) is 12.6 Å². The van der Waals surface area contributed by atoms with Crippen molar-refractivity contribution in [2.24, 2.45) is 5.73 Å². The van der Waals surface area contributed by atoms with E-state index >= 15 is 0 Å². The van der Waals surface area contributed by atoms with Gasteiger partial charge in [-0.2, -0.15) is 0 Å². The average molecular weight is 240 g/mol. The molecule has 0 aliphatic carbocycles. The lowest BCUT2D eigenvalue weighted by molar-refractivity contribution is -0.139. The van der Waals surface area contributed by atoms with Gasteiger partial charge >= 0.3 is 5.97 Å². The van der Waals surface area contributed by atoms with E-state index in [0.29, 0.717) is 5.69 Å². The highest BCUT2D eigenvalue weighted by Gasteiger charge is 2.42. The highest BCUT2D eigenvalue weighted by atomic mass is 19.1. The first kappa shape index (κ1) is 13.6. The number of hydrogen-bond acceptors (Lipinski definition) is 3. The van der Waals surface area contributed by atoms with Gasteiger partial charge < -0.3 is 10.8 Å². The maximum atomic E-state index is 12.8. The van der Waals surface area contributed by atoms with E-state index in [1.54, 1.807) is 20.8 Å². The van der Waals surface area contributed by atoms with E-state index in [9.17, 15) is 9.18 Å². The summed E-state index contributed by atoms with van der Waals surface area (Å²) in [5, 5.41) is 8.97. The highest BCUT2D eigenvalue weighted by Crippen LogP contribution is 2.35. The molecule has 1 unspecified atom stereocenters. The van der Waals surface area contributed by atoms with Crippen molar-refractivity contribution in [2.75, 3.05) is 0 Å². The monoisotopic (exact) mass is 240 g/mol. The Morgan fingerprint density at radius 2 is 2.06 bits per heavy atom. The number of aliphatic carboxylic acids is 1. The number of hydrogen-bond donors (Lipinski definition) is 2. The number of aromatic nitrogens is 1. The van der Waals surface area contributed by atoms with Crippen molar-refractivity contribution in [3.05, 3.63) is 29.8 Å². The number of rotatable bonds is 4. The van der Waals surface area contributed by atoms with Gasteiger partial charge in [0, 0.05) is 16.6 Å². The van der Waals surface area contributed by atoms with Crippen molar-refractivity contribution < 1.29 is 14.3 Å². The van der Waals surface area contributed by atoms with E-state index in [2.05, 4.69) is 4.98 Å². The molecule has 1 aromatic rings. The molecule has 0 spiro atoms. The number of nitrogens with zero attached hydrogens (tertiary/aromatic N) is 1. The van der Waals surface area contributed by atoms with Crippen molar-refractivity contribution in [1.29, 1.82) is 0 Å². The first-order valence-corrected chi connectivity index (χ1v) is 5.29. The molecule has 0 amide bonds. The Morgan fingerprint density at radius 1 is 1.47 bits per heavy atom. The van der Waals surface area contributed by atoms with Crippen LogP contribution in [-0.4, -0.2) is 21.6 Å². The maximum absolute atomic E-state index is 12.8. The van der Waals surface area contributed by atoms with Crippen LogP contribution in [0, 0.1) is 5.82 Å². The maximum Gasteiger partial charge on any atom is 0.304 e. The Hall–Kier alpha value is -1.49. The molecule has 0 aliphatic heterocycles. The van der Waals surface area contributed by atoms with Crippen LogP contribution in [0.5, 0.6) is 0 Å². The second-order valence-electron chi connectivity index (χ2n) is 4.99. The van der Waals surface area contributed by atoms with Gasteiger partial charge in [-0.1, -0.05) is 6.92 Å². The SMILES string of the molecule is CC(C)(N)C(C)(CC(=O)O)c1ccc(F)cn1. The fourth-order valence-electron chi connectivity index (χ4n) is 1.65. The van der Waals surface area contributed by atoms with Gasteiger partial charge in [-0.15, -0.1) is 0 Å². The zero-order valence-electron chi connectivity index (χ0n) is 10.2. The molecule has 0 saturated carbocycles. The highest BCUT2D eigenvalue weighted by molar-refractivity contribution is 5.69. The number of carbonyl (C=O) groups is 1. The standard InChI is InChI=1S/C12H17FN2O2/c1-11(2,14)12(3,6-10(16)17)9-5-4-8(13)7-15-9/h4-5,7H,6,14H2,1-3H3,(H,16,17). The van der Waals surface area contributed by atoms with Gasteiger partial charge in [0.15, 0.2) is 0 Å². The summed E-state index contributed by atoms with van der Waals surface area (Å²) in [6, 6.07) is 2.74. The smallest absolute Gasteiger partial charge is 0.304 e. The molecule has 17 heavy (non-hydrogen) atoms. The molecule has 0 aromatic carbocycles. The summed E-state index contributed by atoms with van der Waals surface area (Å²) < 4.78 is 12.8. The predicted octanol–water partition coefficient (Wildman–Crippen LogP) is 1.69. The lowest BCUT2D eigenvalue weighted by Gasteiger charge is -2.40. The van der Waals surface area contributed by atoms with Crippen LogP contribution in [0.15, 0.2) is 18.3 Å². The van der Waals surface area contributed by atoms with E-state index in [1.807, 2.05) is 0 Å². The van der Waals surface area contributed by atoms with Gasteiger partial charge in [-0.05, 0) is 26.0 Å². The minimum absolute atomic E-state index is 0.158. The molecule has 4 nitrogen and oxygen atoms in total. The molecule has 3 N–H and O–H groups in total. The summed E-state index contributed by atoms with van der Waals surface area (Å²) in [6.07, 6.45) is 0.913. The second kappa shape index (κ2) is 4.41. The van der Waals surface area contributed by atoms with Crippen molar-refractivity contribution in [2.45, 2.75) is 38.1 Å². The number of carboxylic acids is 1. The molecule has 1 heterocycles. The van der Waals surface area contributed by atoms with Crippen molar-refractivity contribution in [3.8, 4) is 0 Å². The fourth-order valence-corrected chi connectivity index (χ4v) is 1.65.